The Balaban J connectivity index is 2.84. The topological polar surface area (TPSA) is 29.8 Å². The largest absolute Gasteiger partial charge is 0.418 e. The van der Waals surface area contributed by atoms with Gasteiger partial charge in [0.05, 0.1) is 7.05 Å². The van der Waals surface area contributed by atoms with E-state index < -0.39 is 0 Å². The van der Waals surface area contributed by atoms with Crippen LogP contribution in [0.3, 0.4) is 0 Å². The van der Waals surface area contributed by atoms with Gasteiger partial charge in [-0.25, -0.2) is 0 Å². The van der Waals surface area contributed by atoms with E-state index in [0.717, 1.165) is 11.6 Å². The van der Waals surface area contributed by atoms with E-state index in [2.05, 4.69) is 0 Å². The smallest absolute Gasteiger partial charge is 0.293 e. The highest BCUT2D eigenvalue weighted by atomic mass is 16.4. The molecule has 0 bridgehead atoms. The Kier molecular flexibility index (Phi) is 1.35. The molecule has 0 amide bonds. The number of quaternary nitrogens is 1. The van der Waals surface area contributed by atoms with Crippen LogP contribution in [0.4, 0.5) is 5.88 Å². The lowest BCUT2D eigenvalue weighted by atomic mass is 10.5. The highest BCUT2D eigenvalue weighted by Crippen LogP contribution is 2.04. The van der Waals surface area contributed by atoms with Crippen molar-refractivity contribution < 1.29 is 9.73 Å². The molecule has 0 aromatic carbocycles. The van der Waals surface area contributed by atoms with Crippen molar-refractivity contribution in [2.24, 2.45) is 0 Å². The van der Waals surface area contributed by atoms with Crippen LogP contribution in [0.25, 0.3) is 0 Å². The summed E-state index contributed by atoms with van der Waals surface area (Å²) in [7, 11) is 1.96. The molecule has 0 spiro atoms. The maximum Gasteiger partial charge on any atom is 0.293 e. The lowest BCUT2D eigenvalue weighted by molar-refractivity contribution is -0.553. The van der Waals surface area contributed by atoms with Crippen molar-refractivity contribution in [2.75, 3.05) is 7.05 Å². The minimum atomic E-state index is 0.947. The van der Waals surface area contributed by atoms with E-state index in [1.807, 2.05) is 31.4 Å². The molecule has 0 aliphatic carbocycles. The molecule has 2 N–H and O–H groups in total. The average molecular weight is 112 g/mol. The highest BCUT2D eigenvalue weighted by molar-refractivity contribution is 5.14. The Hall–Kier alpha value is -0.760. The average Bonchev–Trinajstić information content (AvgIpc) is 2.14. The number of hydrogen-bond acceptors (Lipinski definition) is 1. The van der Waals surface area contributed by atoms with Crippen molar-refractivity contribution >= 4 is 5.88 Å². The van der Waals surface area contributed by atoms with Gasteiger partial charge in [-0.15, -0.1) is 0 Å². The number of nitrogens with two attached hydrogens (primary N) is 1. The minimum absolute atomic E-state index is 0.947. The summed E-state index contributed by atoms with van der Waals surface area (Å²) in [6.45, 7) is 1.94. The molecule has 2 nitrogen and oxygen atoms in total. The van der Waals surface area contributed by atoms with Gasteiger partial charge in [-0.3, -0.25) is 5.32 Å². The molecule has 1 aromatic heterocycles. The van der Waals surface area contributed by atoms with Gasteiger partial charge in [0.2, 0.25) is 0 Å². The highest BCUT2D eigenvalue weighted by Gasteiger charge is 1.94. The van der Waals surface area contributed by atoms with Crippen LogP contribution < -0.4 is 5.32 Å². The molecule has 0 unspecified atom stereocenters. The maximum absolute atomic E-state index is 5.18. The fourth-order valence-electron chi connectivity index (χ4n) is 0.609. The second-order valence-corrected chi connectivity index (χ2v) is 1.74. The van der Waals surface area contributed by atoms with Gasteiger partial charge in [0.25, 0.3) is 5.88 Å². The molecule has 0 aliphatic heterocycles. The van der Waals surface area contributed by atoms with E-state index in [0.29, 0.717) is 0 Å². The number of aryl methyl sites for hydroxylation is 1. The van der Waals surface area contributed by atoms with E-state index >= 15 is 0 Å². The first-order chi connectivity index (χ1) is 3.83. The zero-order chi connectivity index (χ0) is 5.98. The summed E-state index contributed by atoms with van der Waals surface area (Å²) in [5.41, 5.74) is 0. The molecule has 8 heavy (non-hydrogen) atoms. The molecule has 1 rings (SSSR count). The minimum Gasteiger partial charge on any atom is -0.418 e. The first kappa shape index (κ1) is 5.38. The normalized spacial score (nSPS) is 9.75. The van der Waals surface area contributed by atoms with Crippen LogP contribution in [0, 0.1) is 6.92 Å². The van der Waals surface area contributed by atoms with Crippen LogP contribution >= 0.6 is 0 Å². The maximum atomic E-state index is 5.18. The predicted octanol–water partition coefficient (Wildman–Crippen LogP) is 0.413. The van der Waals surface area contributed by atoms with Gasteiger partial charge >= 0.3 is 0 Å². The monoisotopic (exact) mass is 112 g/mol. The molecule has 0 atom stereocenters. The van der Waals surface area contributed by atoms with Gasteiger partial charge in [0.15, 0.2) is 0 Å². The molecule has 2 heteroatoms. The molecule has 1 heterocycles. The second-order valence-electron chi connectivity index (χ2n) is 1.74. The summed E-state index contributed by atoms with van der Waals surface area (Å²) in [4.78, 5) is 0. The van der Waals surface area contributed by atoms with E-state index in [1.54, 1.807) is 0 Å². The first-order valence-corrected chi connectivity index (χ1v) is 2.68. The van der Waals surface area contributed by atoms with Gasteiger partial charge in [0.1, 0.15) is 5.76 Å². The molecule has 0 saturated heterocycles. The zero-order valence-electron chi connectivity index (χ0n) is 5.14. The van der Waals surface area contributed by atoms with E-state index in [1.165, 1.54) is 0 Å². The Labute approximate surface area is 48.5 Å². The molecule has 0 aliphatic rings. The van der Waals surface area contributed by atoms with Gasteiger partial charge < -0.3 is 4.42 Å². The van der Waals surface area contributed by atoms with Crippen molar-refractivity contribution in [2.45, 2.75) is 6.92 Å². The Morgan fingerprint density at radius 1 is 1.50 bits per heavy atom. The van der Waals surface area contributed by atoms with Crippen LogP contribution in [0.15, 0.2) is 16.5 Å². The van der Waals surface area contributed by atoms with Crippen LogP contribution in [-0.4, -0.2) is 7.05 Å². The zero-order valence-corrected chi connectivity index (χ0v) is 5.14. The summed E-state index contributed by atoms with van der Waals surface area (Å²) in [5, 5.41) is 1.94. The number of rotatable bonds is 1. The van der Waals surface area contributed by atoms with Gasteiger partial charge in [-0.2, -0.15) is 0 Å². The molecular formula is C6H10NO+. The SMILES string of the molecule is C[NH2+]c1ccc(C)o1. The van der Waals surface area contributed by atoms with Crippen molar-refractivity contribution in [1.29, 1.82) is 0 Å². The molecule has 44 valence electrons. The summed E-state index contributed by atoms with van der Waals surface area (Å²) in [5.74, 6) is 1.92. The van der Waals surface area contributed by atoms with Crippen molar-refractivity contribution in [3.8, 4) is 0 Å². The molecule has 0 saturated carbocycles. The predicted molar refractivity (Wildman–Crippen MR) is 31.0 cm³/mol. The Morgan fingerprint density at radius 3 is 2.50 bits per heavy atom. The van der Waals surface area contributed by atoms with E-state index in [4.69, 9.17) is 4.42 Å². The summed E-state index contributed by atoms with van der Waals surface area (Å²) in [6.07, 6.45) is 0. The lowest BCUT2D eigenvalue weighted by Gasteiger charge is -1.81. The van der Waals surface area contributed by atoms with Crippen molar-refractivity contribution in [1.82, 2.24) is 0 Å². The third-order valence-corrected chi connectivity index (χ3v) is 1.05. The van der Waals surface area contributed by atoms with Gasteiger partial charge in [0, 0.05) is 6.07 Å². The fraction of sp³-hybridized carbons (Fsp3) is 0.333. The van der Waals surface area contributed by atoms with E-state index in [-0.39, 0.29) is 0 Å². The quantitative estimate of drug-likeness (QED) is 0.560. The molecular weight excluding hydrogens is 102 g/mol. The molecule has 0 fully saturated rings. The number of hydrogen-bond donors (Lipinski definition) is 1. The van der Waals surface area contributed by atoms with Crippen molar-refractivity contribution in [3.63, 3.8) is 0 Å². The third-order valence-electron chi connectivity index (χ3n) is 1.05. The number of furan rings is 1. The van der Waals surface area contributed by atoms with Crippen LogP contribution in [0.5, 0.6) is 0 Å². The summed E-state index contributed by atoms with van der Waals surface area (Å²) >= 11 is 0. The van der Waals surface area contributed by atoms with E-state index in [9.17, 15) is 0 Å². The van der Waals surface area contributed by atoms with Gasteiger partial charge in [-0.05, 0) is 13.0 Å². The Morgan fingerprint density at radius 2 is 2.25 bits per heavy atom. The Bertz CT molecular complexity index is 169. The van der Waals surface area contributed by atoms with Crippen molar-refractivity contribution in [3.05, 3.63) is 17.9 Å². The van der Waals surface area contributed by atoms with Crippen LogP contribution in [-0.2, 0) is 0 Å². The third kappa shape index (κ3) is 0.898. The van der Waals surface area contributed by atoms with Gasteiger partial charge in [-0.1, -0.05) is 0 Å². The summed E-state index contributed by atoms with van der Waals surface area (Å²) < 4.78 is 5.18. The van der Waals surface area contributed by atoms with Crippen LogP contribution in [0.2, 0.25) is 0 Å². The fourth-order valence-corrected chi connectivity index (χ4v) is 0.609. The second kappa shape index (κ2) is 2.01. The summed E-state index contributed by atoms with van der Waals surface area (Å²) in [6, 6.07) is 3.91. The lowest BCUT2D eigenvalue weighted by Crippen LogP contribution is -2.72. The molecule has 1 aromatic rings. The standard InChI is InChI=1S/C6H9NO/c1-5-3-4-6(7-2)8-5/h3-4,7H,1-2H3/p+1. The first-order valence-electron chi connectivity index (χ1n) is 2.68. The van der Waals surface area contributed by atoms with Crippen LogP contribution in [0.1, 0.15) is 5.76 Å². The molecule has 0 radical (unpaired) electrons.